The molecular formula is C13H15BrFNO2. The molecule has 0 saturated heterocycles. The van der Waals surface area contributed by atoms with E-state index >= 15 is 0 Å². The van der Waals surface area contributed by atoms with E-state index in [-0.39, 0.29) is 23.8 Å². The van der Waals surface area contributed by atoms with Crippen LogP contribution < -0.4 is 15.2 Å². The van der Waals surface area contributed by atoms with Crippen LogP contribution in [0.4, 0.5) is 4.39 Å². The van der Waals surface area contributed by atoms with Gasteiger partial charge in [0.05, 0.1) is 0 Å². The van der Waals surface area contributed by atoms with Crippen LogP contribution in [0.3, 0.4) is 0 Å². The summed E-state index contributed by atoms with van der Waals surface area (Å²) in [5.74, 6) is 0.380. The van der Waals surface area contributed by atoms with Crippen molar-refractivity contribution in [3.05, 3.63) is 21.9 Å². The number of benzene rings is 1. The lowest BCUT2D eigenvalue weighted by Gasteiger charge is -2.29. The van der Waals surface area contributed by atoms with Gasteiger partial charge in [-0.3, -0.25) is 0 Å². The molecule has 1 aliphatic heterocycles. The van der Waals surface area contributed by atoms with Gasteiger partial charge in [-0.25, -0.2) is 4.39 Å². The summed E-state index contributed by atoms with van der Waals surface area (Å²) in [5, 5.41) is 0. The lowest BCUT2D eigenvalue weighted by Crippen LogP contribution is -2.33. The maximum absolute atomic E-state index is 14.6. The lowest BCUT2D eigenvalue weighted by molar-refractivity contribution is 0.170. The van der Waals surface area contributed by atoms with E-state index in [4.69, 9.17) is 15.2 Å². The molecule has 1 saturated carbocycles. The molecule has 0 bridgehead atoms. The molecular weight excluding hydrogens is 301 g/mol. The average Bonchev–Trinajstić information content (AvgIpc) is 2.98. The lowest BCUT2D eigenvalue weighted by atomic mass is 9.78. The smallest absolute Gasteiger partial charge is 0.231 e. The summed E-state index contributed by atoms with van der Waals surface area (Å²) in [7, 11) is 0. The monoisotopic (exact) mass is 315 g/mol. The second kappa shape index (κ2) is 4.38. The zero-order valence-electron chi connectivity index (χ0n) is 9.97. The van der Waals surface area contributed by atoms with Crippen molar-refractivity contribution < 1.29 is 13.9 Å². The van der Waals surface area contributed by atoms with E-state index < -0.39 is 0 Å². The number of hydrogen-bond donors (Lipinski definition) is 1. The maximum atomic E-state index is 14.6. The number of rotatable bonds is 2. The fraction of sp³-hybridized carbons (Fsp3) is 0.538. The van der Waals surface area contributed by atoms with Crippen molar-refractivity contribution >= 4 is 15.9 Å². The van der Waals surface area contributed by atoms with E-state index in [0.717, 1.165) is 30.2 Å². The Hall–Kier alpha value is -0.810. The molecule has 0 unspecified atom stereocenters. The third-order valence-electron chi connectivity index (χ3n) is 4.04. The van der Waals surface area contributed by atoms with Crippen molar-refractivity contribution in [1.29, 1.82) is 0 Å². The second-order valence-corrected chi connectivity index (χ2v) is 5.83. The highest BCUT2D eigenvalue weighted by Crippen LogP contribution is 2.49. The largest absolute Gasteiger partial charge is 0.453 e. The van der Waals surface area contributed by atoms with Crippen molar-refractivity contribution in [3.63, 3.8) is 0 Å². The van der Waals surface area contributed by atoms with Crippen molar-refractivity contribution in [1.82, 2.24) is 0 Å². The first-order valence-corrected chi connectivity index (χ1v) is 6.95. The van der Waals surface area contributed by atoms with Gasteiger partial charge in [0.1, 0.15) is 0 Å². The molecule has 1 heterocycles. The number of halogens is 2. The van der Waals surface area contributed by atoms with Crippen LogP contribution in [-0.2, 0) is 5.41 Å². The van der Waals surface area contributed by atoms with E-state index in [0.29, 0.717) is 17.9 Å². The Labute approximate surface area is 114 Å². The minimum absolute atomic E-state index is 0.0811. The van der Waals surface area contributed by atoms with Gasteiger partial charge >= 0.3 is 0 Å². The zero-order chi connectivity index (χ0) is 12.8. The Morgan fingerprint density at radius 2 is 2.06 bits per heavy atom. The van der Waals surface area contributed by atoms with Gasteiger partial charge in [0.25, 0.3) is 0 Å². The molecule has 1 aliphatic carbocycles. The highest BCUT2D eigenvalue weighted by Gasteiger charge is 2.40. The van der Waals surface area contributed by atoms with E-state index in [1.807, 2.05) is 0 Å². The molecule has 3 rings (SSSR count). The van der Waals surface area contributed by atoms with Crippen LogP contribution in [0.2, 0.25) is 0 Å². The first-order chi connectivity index (χ1) is 8.68. The van der Waals surface area contributed by atoms with Crippen LogP contribution in [0, 0.1) is 5.82 Å². The summed E-state index contributed by atoms with van der Waals surface area (Å²) in [4.78, 5) is 0. The van der Waals surface area contributed by atoms with Crippen LogP contribution in [0.5, 0.6) is 11.5 Å². The molecule has 0 spiro atoms. The van der Waals surface area contributed by atoms with Crippen LogP contribution in [-0.4, -0.2) is 13.3 Å². The third-order valence-corrected chi connectivity index (χ3v) is 4.66. The normalized spacial score (nSPS) is 20.4. The Morgan fingerprint density at radius 1 is 1.33 bits per heavy atom. The fourth-order valence-corrected chi connectivity index (χ4v) is 3.87. The van der Waals surface area contributed by atoms with Crippen molar-refractivity contribution in [3.8, 4) is 11.5 Å². The van der Waals surface area contributed by atoms with Crippen LogP contribution in [0.25, 0.3) is 0 Å². The highest BCUT2D eigenvalue weighted by atomic mass is 79.9. The van der Waals surface area contributed by atoms with Gasteiger partial charge in [-0.1, -0.05) is 28.8 Å². The molecule has 5 heteroatoms. The molecule has 0 aromatic heterocycles. The van der Waals surface area contributed by atoms with E-state index in [1.165, 1.54) is 0 Å². The predicted octanol–water partition coefficient (Wildman–Crippen LogP) is 3.09. The van der Waals surface area contributed by atoms with Gasteiger partial charge in [-0.2, -0.15) is 0 Å². The van der Waals surface area contributed by atoms with Gasteiger partial charge in [-0.05, 0) is 18.9 Å². The van der Waals surface area contributed by atoms with Gasteiger partial charge in [-0.15, -0.1) is 0 Å². The topological polar surface area (TPSA) is 44.5 Å². The molecule has 0 amide bonds. The Balaban J connectivity index is 2.17. The zero-order valence-corrected chi connectivity index (χ0v) is 11.6. The maximum Gasteiger partial charge on any atom is 0.231 e. The summed E-state index contributed by atoms with van der Waals surface area (Å²) >= 11 is 3.46. The molecule has 0 atom stereocenters. The third kappa shape index (κ3) is 1.64. The Bertz CT molecular complexity index is 486. The molecule has 2 aliphatic rings. The quantitative estimate of drug-likeness (QED) is 0.912. The van der Waals surface area contributed by atoms with Crippen LogP contribution >= 0.6 is 15.9 Å². The first kappa shape index (κ1) is 12.2. The molecule has 18 heavy (non-hydrogen) atoms. The molecule has 1 fully saturated rings. The molecule has 98 valence electrons. The fourth-order valence-electron chi connectivity index (χ4n) is 3.07. The number of ether oxygens (including phenoxy) is 2. The predicted molar refractivity (Wildman–Crippen MR) is 69.4 cm³/mol. The summed E-state index contributed by atoms with van der Waals surface area (Å²) in [5.41, 5.74) is 6.32. The van der Waals surface area contributed by atoms with E-state index in [1.54, 1.807) is 6.07 Å². The minimum atomic E-state index is -0.316. The minimum Gasteiger partial charge on any atom is -0.453 e. The SMILES string of the molecule is NCC1(c2c(Br)cc3c(c2F)OCO3)CCCC1. The molecule has 0 radical (unpaired) electrons. The number of hydrogen-bond acceptors (Lipinski definition) is 3. The number of nitrogens with two attached hydrogens (primary N) is 1. The van der Waals surface area contributed by atoms with Crippen molar-refractivity contribution in [2.45, 2.75) is 31.1 Å². The summed E-state index contributed by atoms with van der Waals surface area (Å²) in [6.45, 7) is 0.542. The van der Waals surface area contributed by atoms with Gasteiger partial charge in [0, 0.05) is 22.0 Å². The Kier molecular flexibility index (Phi) is 2.98. The van der Waals surface area contributed by atoms with Crippen LogP contribution in [0.15, 0.2) is 10.5 Å². The summed E-state index contributed by atoms with van der Waals surface area (Å²) in [6.07, 6.45) is 4.05. The number of fused-ring (bicyclic) bond motifs is 1. The summed E-state index contributed by atoms with van der Waals surface area (Å²) < 4.78 is 25.8. The Morgan fingerprint density at radius 3 is 2.72 bits per heavy atom. The van der Waals surface area contributed by atoms with Gasteiger partial charge in [0.15, 0.2) is 11.6 Å². The average molecular weight is 316 g/mol. The molecule has 1 aromatic rings. The molecule has 3 nitrogen and oxygen atoms in total. The summed E-state index contributed by atoms with van der Waals surface area (Å²) in [6, 6.07) is 1.79. The van der Waals surface area contributed by atoms with Crippen molar-refractivity contribution in [2.24, 2.45) is 5.73 Å². The molecule has 2 N–H and O–H groups in total. The van der Waals surface area contributed by atoms with E-state index in [2.05, 4.69) is 15.9 Å². The van der Waals surface area contributed by atoms with Gasteiger partial charge < -0.3 is 15.2 Å². The van der Waals surface area contributed by atoms with Crippen molar-refractivity contribution in [2.75, 3.05) is 13.3 Å². The first-order valence-electron chi connectivity index (χ1n) is 6.16. The molecule has 1 aromatic carbocycles. The van der Waals surface area contributed by atoms with Crippen LogP contribution in [0.1, 0.15) is 31.2 Å². The standard InChI is InChI=1S/C13H15BrFNO2/c14-8-5-9-12(18-7-17-9)11(15)10(8)13(6-16)3-1-2-4-13/h5H,1-4,6-7,16H2. The highest BCUT2D eigenvalue weighted by molar-refractivity contribution is 9.10. The van der Waals surface area contributed by atoms with Gasteiger partial charge in [0.2, 0.25) is 12.5 Å². The second-order valence-electron chi connectivity index (χ2n) is 4.97. The van der Waals surface area contributed by atoms with E-state index in [9.17, 15) is 4.39 Å².